The van der Waals surface area contributed by atoms with Gasteiger partial charge in [0.15, 0.2) is 5.96 Å². The summed E-state index contributed by atoms with van der Waals surface area (Å²) in [5.74, 6) is 0.810. The molecule has 1 heterocycles. The van der Waals surface area contributed by atoms with Crippen molar-refractivity contribution >= 4 is 5.96 Å². The molecule has 26 heavy (non-hydrogen) atoms. The zero-order valence-corrected chi connectivity index (χ0v) is 16.1. The number of nitrogens with one attached hydrogen (secondary N) is 2. The first-order valence-electron chi connectivity index (χ1n) is 9.62. The molecule has 6 heteroatoms. The van der Waals surface area contributed by atoms with E-state index in [1.54, 1.807) is 7.11 Å². The van der Waals surface area contributed by atoms with Gasteiger partial charge >= 0.3 is 0 Å². The van der Waals surface area contributed by atoms with Gasteiger partial charge in [0, 0.05) is 33.4 Å². The molecule has 0 radical (unpaired) electrons. The van der Waals surface area contributed by atoms with Crippen molar-refractivity contribution in [1.82, 2.24) is 10.6 Å². The van der Waals surface area contributed by atoms with Crippen LogP contribution in [0, 0.1) is 0 Å². The van der Waals surface area contributed by atoms with E-state index >= 15 is 0 Å². The van der Waals surface area contributed by atoms with Gasteiger partial charge in [-0.1, -0.05) is 30.3 Å². The van der Waals surface area contributed by atoms with Gasteiger partial charge in [-0.15, -0.1) is 0 Å². The smallest absolute Gasteiger partial charge is 0.191 e. The minimum atomic E-state index is -0.0404. The highest BCUT2D eigenvalue weighted by Gasteiger charge is 2.15. The largest absolute Gasteiger partial charge is 0.379 e. The molecule has 0 aromatic heterocycles. The summed E-state index contributed by atoms with van der Waals surface area (Å²) in [6.07, 6.45) is 3.47. The highest BCUT2D eigenvalue weighted by Crippen LogP contribution is 2.16. The van der Waals surface area contributed by atoms with E-state index in [0.29, 0.717) is 19.3 Å². The molecule has 146 valence electrons. The zero-order valence-electron chi connectivity index (χ0n) is 16.1. The quantitative estimate of drug-likeness (QED) is 0.359. The number of aliphatic imine (C=N–C) groups is 1. The van der Waals surface area contributed by atoms with E-state index in [1.807, 2.05) is 18.2 Å². The van der Waals surface area contributed by atoms with Crippen molar-refractivity contribution in [2.45, 2.75) is 38.4 Å². The first kappa shape index (κ1) is 20.7. The Morgan fingerprint density at radius 1 is 1.31 bits per heavy atom. The van der Waals surface area contributed by atoms with Crippen LogP contribution in [-0.2, 0) is 14.2 Å². The molecule has 0 saturated carbocycles. The van der Waals surface area contributed by atoms with Gasteiger partial charge in [0.25, 0.3) is 0 Å². The molecule has 0 bridgehead atoms. The molecule has 1 aliphatic heterocycles. The Hall–Kier alpha value is -1.63. The molecule has 1 aromatic rings. The summed E-state index contributed by atoms with van der Waals surface area (Å²) in [4.78, 5) is 4.65. The second-order valence-corrected chi connectivity index (χ2v) is 6.34. The lowest BCUT2D eigenvalue weighted by molar-refractivity contribution is 0.0168. The molecular formula is C20H33N3O3. The monoisotopic (exact) mass is 363 g/mol. The van der Waals surface area contributed by atoms with Crippen molar-refractivity contribution in [3.8, 4) is 0 Å². The Balaban J connectivity index is 1.68. The van der Waals surface area contributed by atoms with E-state index < -0.39 is 0 Å². The summed E-state index contributed by atoms with van der Waals surface area (Å²) in [6, 6.07) is 10.2. The van der Waals surface area contributed by atoms with Crippen LogP contribution >= 0.6 is 0 Å². The lowest BCUT2D eigenvalue weighted by Crippen LogP contribution is -2.38. The normalized spacial score (nSPS) is 18.7. The maximum absolute atomic E-state index is 5.69. The highest BCUT2D eigenvalue weighted by molar-refractivity contribution is 5.79. The highest BCUT2D eigenvalue weighted by atomic mass is 16.5. The molecule has 1 aliphatic rings. The van der Waals surface area contributed by atoms with Crippen LogP contribution in [0.25, 0.3) is 0 Å². The Labute approximate surface area is 157 Å². The van der Waals surface area contributed by atoms with Crippen molar-refractivity contribution in [2.75, 3.05) is 46.6 Å². The zero-order chi connectivity index (χ0) is 18.5. The van der Waals surface area contributed by atoms with Gasteiger partial charge in [-0.2, -0.15) is 0 Å². The van der Waals surface area contributed by atoms with Gasteiger partial charge in [0.05, 0.1) is 19.3 Å². The third-order valence-electron chi connectivity index (χ3n) is 4.30. The maximum Gasteiger partial charge on any atom is 0.191 e. The summed E-state index contributed by atoms with van der Waals surface area (Å²) in [6.45, 7) is 6.60. The van der Waals surface area contributed by atoms with E-state index in [-0.39, 0.29) is 6.10 Å². The number of guanidine groups is 1. The topological polar surface area (TPSA) is 64.1 Å². The first-order valence-corrected chi connectivity index (χ1v) is 9.62. The van der Waals surface area contributed by atoms with E-state index in [4.69, 9.17) is 14.2 Å². The Morgan fingerprint density at radius 2 is 2.15 bits per heavy atom. The number of methoxy groups -OCH3 is 1. The summed E-state index contributed by atoms with van der Waals surface area (Å²) >= 11 is 0. The van der Waals surface area contributed by atoms with E-state index in [1.165, 1.54) is 0 Å². The molecule has 0 spiro atoms. The second-order valence-electron chi connectivity index (χ2n) is 6.34. The third kappa shape index (κ3) is 7.72. The molecule has 0 amide bonds. The summed E-state index contributed by atoms with van der Waals surface area (Å²) in [7, 11) is 1.72. The van der Waals surface area contributed by atoms with Crippen LogP contribution in [-0.4, -0.2) is 58.6 Å². The Kier molecular flexibility index (Phi) is 10.1. The van der Waals surface area contributed by atoms with Crippen molar-refractivity contribution in [2.24, 2.45) is 4.99 Å². The van der Waals surface area contributed by atoms with Gasteiger partial charge in [-0.25, -0.2) is 0 Å². The standard InChI is InChI=1S/C20H33N3O3/c1-3-21-20(22-12-8-13-25-16-18-11-7-14-26-18)23-15-19(24-2)17-9-5-4-6-10-17/h4-6,9-10,18-19H,3,7-8,11-16H2,1-2H3,(H2,21,22,23). The van der Waals surface area contributed by atoms with Gasteiger partial charge in [0.1, 0.15) is 6.10 Å². The van der Waals surface area contributed by atoms with Gasteiger partial charge in [-0.3, -0.25) is 4.99 Å². The number of nitrogens with zero attached hydrogens (tertiary/aromatic N) is 1. The van der Waals surface area contributed by atoms with E-state index in [2.05, 4.69) is 34.7 Å². The average molecular weight is 364 g/mol. The summed E-state index contributed by atoms with van der Waals surface area (Å²) in [5.41, 5.74) is 1.14. The van der Waals surface area contributed by atoms with Crippen molar-refractivity contribution in [1.29, 1.82) is 0 Å². The number of hydrogen-bond acceptors (Lipinski definition) is 4. The van der Waals surface area contributed by atoms with E-state index in [0.717, 1.165) is 57.1 Å². The fraction of sp³-hybridized carbons (Fsp3) is 0.650. The van der Waals surface area contributed by atoms with Crippen molar-refractivity contribution in [3.63, 3.8) is 0 Å². The molecule has 6 nitrogen and oxygen atoms in total. The van der Waals surface area contributed by atoms with Crippen LogP contribution in [0.4, 0.5) is 0 Å². The second kappa shape index (κ2) is 12.7. The molecule has 2 atom stereocenters. The van der Waals surface area contributed by atoms with Gasteiger partial charge in [0.2, 0.25) is 0 Å². The molecule has 1 saturated heterocycles. The van der Waals surface area contributed by atoms with Crippen molar-refractivity contribution < 1.29 is 14.2 Å². The van der Waals surface area contributed by atoms with Crippen LogP contribution < -0.4 is 10.6 Å². The Morgan fingerprint density at radius 3 is 2.85 bits per heavy atom. The molecule has 1 fully saturated rings. The van der Waals surface area contributed by atoms with Gasteiger partial charge in [-0.05, 0) is 31.7 Å². The first-order chi connectivity index (χ1) is 12.8. The van der Waals surface area contributed by atoms with E-state index in [9.17, 15) is 0 Å². The summed E-state index contributed by atoms with van der Waals surface area (Å²) < 4.78 is 16.8. The minimum absolute atomic E-state index is 0.0404. The van der Waals surface area contributed by atoms with Gasteiger partial charge < -0.3 is 24.8 Å². The molecule has 2 N–H and O–H groups in total. The molecular weight excluding hydrogens is 330 g/mol. The SMILES string of the molecule is CCNC(=NCC(OC)c1ccccc1)NCCCOCC1CCCO1. The average Bonchev–Trinajstić information content (AvgIpc) is 3.19. The number of hydrogen-bond donors (Lipinski definition) is 2. The molecule has 2 rings (SSSR count). The van der Waals surface area contributed by atoms with Crippen LogP contribution in [0.5, 0.6) is 0 Å². The fourth-order valence-corrected chi connectivity index (χ4v) is 2.87. The predicted octanol–water partition coefficient (Wildman–Crippen LogP) is 2.51. The predicted molar refractivity (Wildman–Crippen MR) is 105 cm³/mol. The third-order valence-corrected chi connectivity index (χ3v) is 4.30. The molecule has 0 aliphatic carbocycles. The number of rotatable bonds is 11. The maximum atomic E-state index is 5.69. The van der Waals surface area contributed by atoms with Crippen LogP contribution in [0.3, 0.4) is 0 Å². The molecule has 1 aromatic carbocycles. The number of ether oxygens (including phenoxy) is 3. The fourth-order valence-electron chi connectivity index (χ4n) is 2.87. The Bertz CT molecular complexity index is 504. The lowest BCUT2D eigenvalue weighted by atomic mass is 10.1. The minimum Gasteiger partial charge on any atom is -0.379 e. The van der Waals surface area contributed by atoms with Crippen LogP contribution in [0.1, 0.15) is 37.9 Å². The lowest BCUT2D eigenvalue weighted by Gasteiger charge is -2.16. The number of benzene rings is 1. The van der Waals surface area contributed by atoms with Crippen molar-refractivity contribution in [3.05, 3.63) is 35.9 Å². The molecule has 2 unspecified atom stereocenters. The summed E-state index contributed by atoms with van der Waals surface area (Å²) in [5, 5.41) is 6.62. The van der Waals surface area contributed by atoms with Crippen LogP contribution in [0.15, 0.2) is 35.3 Å². The van der Waals surface area contributed by atoms with Crippen LogP contribution in [0.2, 0.25) is 0 Å².